The van der Waals surface area contributed by atoms with Crippen LogP contribution in [-0.2, 0) is 14.3 Å². The Hall–Kier alpha value is -0.940. The maximum Gasteiger partial charge on any atom is 0.320 e. The smallest absolute Gasteiger partial charge is 0.320 e. The first-order chi connectivity index (χ1) is 6.75. The SMILES string of the molecule is O=CCCC(C(=O)O)N1CCOCC1. The van der Waals surface area contributed by atoms with E-state index in [-0.39, 0.29) is 0 Å². The van der Waals surface area contributed by atoms with Gasteiger partial charge in [-0.1, -0.05) is 0 Å². The highest BCUT2D eigenvalue weighted by Crippen LogP contribution is 2.09. The van der Waals surface area contributed by atoms with Gasteiger partial charge in [0.2, 0.25) is 0 Å². The Kier molecular flexibility index (Phi) is 4.55. The Morgan fingerprint density at radius 1 is 1.50 bits per heavy atom. The summed E-state index contributed by atoms with van der Waals surface area (Å²) in [6.45, 7) is 2.42. The molecular formula is C9H15NO4. The number of aliphatic carboxylic acids is 1. The molecule has 1 aliphatic rings. The number of rotatable bonds is 5. The van der Waals surface area contributed by atoms with E-state index in [2.05, 4.69) is 0 Å². The molecule has 1 unspecified atom stereocenters. The molecule has 0 radical (unpaired) electrons. The van der Waals surface area contributed by atoms with Crippen LogP contribution in [-0.4, -0.2) is 54.6 Å². The van der Waals surface area contributed by atoms with Crippen molar-refractivity contribution in [1.29, 1.82) is 0 Å². The molecule has 1 N–H and O–H groups in total. The molecule has 0 spiro atoms. The summed E-state index contributed by atoms with van der Waals surface area (Å²) in [5, 5.41) is 8.95. The minimum Gasteiger partial charge on any atom is -0.480 e. The Bertz CT molecular complexity index is 201. The molecule has 5 heteroatoms. The Labute approximate surface area is 82.6 Å². The average molecular weight is 201 g/mol. The Morgan fingerprint density at radius 3 is 2.64 bits per heavy atom. The molecular weight excluding hydrogens is 186 g/mol. The fourth-order valence-corrected chi connectivity index (χ4v) is 1.58. The maximum absolute atomic E-state index is 10.9. The van der Waals surface area contributed by atoms with Crippen LogP contribution < -0.4 is 0 Å². The molecule has 0 aromatic rings. The average Bonchev–Trinajstić information content (AvgIpc) is 2.19. The van der Waals surface area contributed by atoms with E-state index in [1.165, 1.54) is 0 Å². The summed E-state index contributed by atoms with van der Waals surface area (Å²) in [4.78, 5) is 22.9. The van der Waals surface area contributed by atoms with Crippen molar-refractivity contribution in [2.45, 2.75) is 18.9 Å². The summed E-state index contributed by atoms with van der Waals surface area (Å²) >= 11 is 0. The summed E-state index contributed by atoms with van der Waals surface area (Å²) in [5.41, 5.74) is 0. The molecule has 1 heterocycles. The Balaban J connectivity index is 2.46. The summed E-state index contributed by atoms with van der Waals surface area (Å²) in [6, 6.07) is -0.538. The quantitative estimate of drug-likeness (QED) is 0.621. The van der Waals surface area contributed by atoms with Gasteiger partial charge >= 0.3 is 5.97 Å². The van der Waals surface area contributed by atoms with Gasteiger partial charge in [-0.3, -0.25) is 9.69 Å². The van der Waals surface area contributed by atoms with Crippen molar-refractivity contribution in [3.8, 4) is 0 Å². The van der Waals surface area contributed by atoms with E-state index in [1.54, 1.807) is 0 Å². The van der Waals surface area contributed by atoms with Crippen molar-refractivity contribution in [2.75, 3.05) is 26.3 Å². The van der Waals surface area contributed by atoms with Crippen LogP contribution in [0.5, 0.6) is 0 Å². The molecule has 0 aromatic carbocycles. The molecule has 0 saturated carbocycles. The Morgan fingerprint density at radius 2 is 2.14 bits per heavy atom. The maximum atomic E-state index is 10.9. The molecule has 1 rings (SSSR count). The highest BCUT2D eigenvalue weighted by atomic mass is 16.5. The van der Waals surface area contributed by atoms with Crippen LogP contribution in [0.3, 0.4) is 0 Å². The summed E-state index contributed by atoms with van der Waals surface area (Å²) in [6.07, 6.45) is 1.45. The molecule has 80 valence electrons. The van der Waals surface area contributed by atoms with E-state index in [0.29, 0.717) is 39.1 Å². The molecule has 14 heavy (non-hydrogen) atoms. The zero-order valence-corrected chi connectivity index (χ0v) is 8.02. The third-order valence-electron chi connectivity index (χ3n) is 2.33. The molecule has 5 nitrogen and oxygen atoms in total. The zero-order valence-electron chi connectivity index (χ0n) is 8.02. The number of hydrogen-bond acceptors (Lipinski definition) is 4. The lowest BCUT2D eigenvalue weighted by molar-refractivity contribution is -0.145. The predicted molar refractivity (Wildman–Crippen MR) is 49.1 cm³/mol. The zero-order chi connectivity index (χ0) is 10.4. The van der Waals surface area contributed by atoms with Crippen LogP contribution >= 0.6 is 0 Å². The molecule has 1 fully saturated rings. The van der Waals surface area contributed by atoms with E-state index < -0.39 is 12.0 Å². The van der Waals surface area contributed by atoms with Crippen molar-refractivity contribution in [3.63, 3.8) is 0 Å². The predicted octanol–water partition coefficient (Wildman–Crippen LogP) is -0.249. The van der Waals surface area contributed by atoms with Crippen LogP contribution in [0.1, 0.15) is 12.8 Å². The van der Waals surface area contributed by atoms with Gasteiger partial charge in [0.1, 0.15) is 12.3 Å². The van der Waals surface area contributed by atoms with Crippen LogP contribution in [0.2, 0.25) is 0 Å². The number of carboxylic acid groups (broad SMARTS) is 1. The lowest BCUT2D eigenvalue weighted by Crippen LogP contribution is -2.47. The van der Waals surface area contributed by atoms with Crippen molar-refractivity contribution in [3.05, 3.63) is 0 Å². The molecule has 1 atom stereocenters. The van der Waals surface area contributed by atoms with Gasteiger partial charge in [-0.05, 0) is 6.42 Å². The van der Waals surface area contributed by atoms with Gasteiger partial charge in [-0.25, -0.2) is 0 Å². The van der Waals surface area contributed by atoms with Gasteiger partial charge in [0, 0.05) is 19.5 Å². The number of aldehydes is 1. The number of nitrogens with zero attached hydrogens (tertiary/aromatic N) is 1. The largest absolute Gasteiger partial charge is 0.480 e. The van der Waals surface area contributed by atoms with Crippen molar-refractivity contribution < 1.29 is 19.4 Å². The standard InChI is InChI=1S/C9H15NO4/c11-5-1-2-8(9(12)13)10-3-6-14-7-4-10/h5,8H,1-4,6-7H2,(H,12,13). The first kappa shape index (κ1) is 11.1. The summed E-state index contributed by atoms with van der Waals surface area (Å²) in [5.74, 6) is -0.853. The van der Waals surface area contributed by atoms with E-state index in [9.17, 15) is 9.59 Å². The third kappa shape index (κ3) is 3.08. The second kappa shape index (κ2) is 5.72. The number of carboxylic acids is 1. The lowest BCUT2D eigenvalue weighted by atomic mass is 10.1. The van der Waals surface area contributed by atoms with Crippen LogP contribution in [0.15, 0.2) is 0 Å². The highest BCUT2D eigenvalue weighted by Gasteiger charge is 2.26. The minimum absolute atomic E-state index is 0.300. The summed E-state index contributed by atoms with van der Waals surface area (Å²) < 4.78 is 5.13. The van der Waals surface area contributed by atoms with Gasteiger partial charge in [0.05, 0.1) is 13.2 Å². The van der Waals surface area contributed by atoms with E-state index in [4.69, 9.17) is 9.84 Å². The van der Waals surface area contributed by atoms with Crippen molar-refractivity contribution in [1.82, 2.24) is 4.90 Å². The van der Waals surface area contributed by atoms with Gasteiger partial charge in [-0.2, -0.15) is 0 Å². The van der Waals surface area contributed by atoms with E-state index in [1.807, 2.05) is 4.90 Å². The van der Waals surface area contributed by atoms with Crippen LogP contribution in [0.25, 0.3) is 0 Å². The van der Waals surface area contributed by atoms with Gasteiger partial charge in [0.15, 0.2) is 0 Å². The molecule has 1 saturated heterocycles. The number of ether oxygens (including phenoxy) is 1. The molecule has 1 aliphatic heterocycles. The topological polar surface area (TPSA) is 66.8 Å². The first-order valence-corrected chi connectivity index (χ1v) is 4.74. The summed E-state index contributed by atoms with van der Waals surface area (Å²) in [7, 11) is 0. The molecule has 0 aliphatic carbocycles. The second-order valence-electron chi connectivity index (χ2n) is 3.25. The van der Waals surface area contributed by atoms with Crippen molar-refractivity contribution in [2.24, 2.45) is 0 Å². The van der Waals surface area contributed by atoms with Gasteiger partial charge < -0.3 is 14.6 Å². The first-order valence-electron chi connectivity index (χ1n) is 4.74. The fourth-order valence-electron chi connectivity index (χ4n) is 1.58. The second-order valence-corrected chi connectivity index (χ2v) is 3.25. The monoisotopic (exact) mass is 201 g/mol. The molecule has 0 bridgehead atoms. The van der Waals surface area contributed by atoms with Crippen LogP contribution in [0, 0.1) is 0 Å². The fraction of sp³-hybridized carbons (Fsp3) is 0.778. The third-order valence-corrected chi connectivity index (χ3v) is 2.33. The molecule has 0 amide bonds. The van der Waals surface area contributed by atoms with Crippen molar-refractivity contribution >= 4 is 12.3 Å². The van der Waals surface area contributed by atoms with E-state index in [0.717, 1.165) is 6.29 Å². The normalized spacial score (nSPS) is 20.3. The number of morpholine rings is 1. The minimum atomic E-state index is -0.853. The number of hydrogen-bond donors (Lipinski definition) is 1. The lowest BCUT2D eigenvalue weighted by Gasteiger charge is -2.31. The van der Waals surface area contributed by atoms with E-state index >= 15 is 0 Å². The number of carbonyl (C=O) groups is 2. The van der Waals surface area contributed by atoms with Gasteiger partial charge in [-0.15, -0.1) is 0 Å². The number of carbonyl (C=O) groups excluding carboxylic acids is 1. The highest BCUT2D eigenvalue weighted by molar-refractivity contribution is 5.73. The van der Waals surface area contributed by atoms with Crippen LogP contribution in [0.4, 0.5) is 0 Å². The molecule has 0 aromatic heterocycles. The van der Waals surface area contributed by atoms with Gasteiger partial charge in [0.25, 0.3) is 0 Å².